The predicted octanol–water partition coefficient (Wildman–Crippen LogP) is 1.17. The third kappa shape index (κ3) is 3.34. The van der Waals surface area contributed by atoms with Crippen molar-refractivity contribution in [1.29, 1.82) is 0 Å². The Balaban J connectivity index is 1.79. The molecule has 1 fully saturated rings. The highest BCUT2D eigenvalue weighted by Crippen LogP contribution is 2.24. The first-order valence-electron chi connectivity index (χ1n) is 8.10. The lowest BCUT2D eigenvalue weighted by molar-refractivity contribution is -0.123. The maximum atomic E-state index is 12.7. The minimum Gasteiger partial charge on any atom is -0.393 e. The monoisotopic (exact) mass is 329 g/mol. The lowest BCUT2D eigenvalue weighted by Gasteiger charge is -2.41. The first-order valence-corrected chi connectivity index (χ1v) is 8.10. The molecule has 1 N–H and O–H groups in total. The second kappa shape index (κ2) is 6.75. The van der Waals surface area contributed by atoms with Crippen LogP contribution >= 0.6 is 0 Å². The molecule has 3 rings (SSSR count). The molecule has 0 aliphatic carbocycles. The Morgan fingerprint density at radius 2 is 2.29 bits per heavy atom. The van der Waals surface area contributed by atoms with Crippen molar-refractivity contribution in [1.82, 2.24) is 14.5 Å². The van der Waals surface area contributed by atoms with E-state index >= 15 is 0 Å². The van der Waals surface area contributed by atoms with Crippen LogP contribution in [-0.2, 0) is 18.2 Å². The summed E-state index contributed by atoms with van der Waals surface area (Å²) in [6, 6.07) is 8.14. The number of ether oxygens (including phenoxy) is 1. The smallest absolute Gasteiger partial charge is 0.290 e. The fourth-order valence-electron chi connectivity index (χ4n) is 3.18. The first kappa shape index (κ1) is 16.7. The van der Waals surface area contributed by atoms with Gasteiger partial charge in [0.1, 0.15) is 5.60 Å². The van der Waals surface area contributed by atoms with E-state index in [1.54, 1.807) is 28.9 Å². The maximum absolute atomic E-state index is 12.7. The van der Waals surface area contributed by atoms with Crippen LogP contribution in [0.2, 0.25) is 0 Å². The molecule has 1 aliphatic heterocycles. The van der Waals surface area contributed by atoms with Crippen LogP contribution in [0, 0.1) is 6.92 Å². The fourth-order valence-corrected chi connectivity index (χ4v) is 3.18. The molecule has 0 bridgehead atoms. The Morgan fingerprint density at radius 3 is 2.96 bits per heavy atom. The second-order valence-corrected chi connectivity index (χ2v) is 6.44. The number of hydrogen-bond donors (Lipinski definition) is 1. The van der Waals surface area contributed by atoms with Crippen LogP contribution in [0.5, 0.6) is 0 Å². The van der Waals surface area contributed by atoms with Gasteiger partial charge in [-0.15, -0.1) is 0 Å². The Kier molecular flexibility index (Phi) is 4.69. The molecule has 0 unspecified atom stereocenters. The van der Waals surface area contributed by atoms with Crippen molar-refractivity contribution < 1.29 is 14.6 Å². The Bertz CT molecular complexity index is 728. The molecule has 6 nitrogen and oxygen atoms in total. The zero-order valence-corrected chi connectivity index (χ0v) is 14.1. The largest absolute Gasteiger partial charge is 0.393 e. The first-order chi connectivity index (χ1) is 11.5. The van der Waals surface area contributed by atoms with E-state index in [1.165, 1.54) is 0 Å². The molecule has 1 amide bonds. The van der Waals surface area contributed by atoms with E-state index in [0.717, 1.165) is 11.1 Å². The van der Waals surface area contributed by atoms with Crippen molar-refractivity contribution >= 4 is 5.91 Å². The normalized spacial score (nSPS) is 21.0. The van der Waals surface area contributed by atoms with Gasteiger partial charge in [-0.05, 0) is 12.5 Å². The zero-order chi connectivity index (χ0) is 17.2. The number of carbonyl (C=O) groups excluding carboxylic acids is 1. The third-order valence-electron chi connectivity index (χ3n) is 4.45. The second-order valence-electron chi connectivity index (χ2n) is 6.44. The quantitative estimate of drug-likeness (QED) is 0.914. The summed E-state index contributed by atoms with van der Waals surface area (Å²) >= 11 is 0. The molecule has 1 atom stereocenters. The Morgan fingerprint density at radius 1 is 1.46 bits per heavy atom. The van der Waals surface area contributed by atoms with Crippen LogP contribution < -0.4 is 0 Å². The van der Waals surface area contributed by atoms with Crippen molar-refractivity contribution in [3.05, 3.63) is 53.6 Å². The molecule has 0 spiro atoms. The van der Waals surface area contributed by atoms with Crippen LogP contribution in [0.3, 0.4) is 0 Å². The molecule has 128 valence electrons. The number of aliphatic hydroxyl groups excluding tert-OH is 1. The number of nitrogens with zero attached hydrogens (tertiary/aromatic N) is 3. The Labute approximate surface area is 141 Å². The van der Waals surface area contributed by atoms with E-state index in [2.05, 4.69) is 11.1 Å². The molecule has 1 aromatic carbocycles. The topological polar surface area (TPSA) is 67.6 Å². The third-order valence-corrected chi connectivity index (χ3v) is 4.45. The molecule has 2 aromatic rings. The van der Waals surface area contributed by atoms with Gasteiger partial charge in [-0.3, -0.25) is 4.79 Å². The lowest BCUT2D eigenvalue weighted by atomic mass is 9.92. The summed E-state index contributed by atoms with van der Waals surface area (Å²) < 4.78 is 7.62. The van der Waals surface area contributed by atoms with Gasteiger partial charge in [0.2, 0.25) is 0 Å². The number of aliphatic hydroxyl groups is 1. The number of amides is 1. The van der Waals surface area contributed by atoms with Gasteiger partial charge in [0.25, 0.3) is 5.91 Å². The summed E-state index contributed by atoms with van der Waals surface area (Å²) in [6.07, 6.45) is 3.93. The highest BCUT2D eigenvalue weighted by Gasteiger charge is 2.39. The number of aromatic nitrogens is 2. The van der Waals surface area contributed by atoms with E-state index in [4.69, 9.17) is 4.74 Å². The molecule has 0 saturated carbocycles. The minimum atomic E-state index is -0.771. The molecule has 1 aromatic heterocycles. The van der Waals surface area contributed by atoms with Crippen molar-refractivity contribution in [2.24, 2.45) is 7.05 Å². The van der Waals surface area contributed by atoms with Gasteiger partial charge in [-0.1, -0.05) is 29.8 Å². The fraction of sp³-hybridized carbons (Fsp3) is 0.444. The summed E-state index contributed by atoms with van der Waals surface area (Å²) in [7, 11) is 1.80. The van der Waals surface area contributed by atoms with Gasteiger partial charge in [0.15, 0.2) is 5.82 Å². The number of hydrogen-bond acceptors (Lipinski definition) is 4. The van der Waals surface area contributed by atoms with Gasteiger partial charge < -0.3 is 19.3 Å². The van der Waals surface area contributed by atoms with Gasteiger partial charge in [-0.25, -0.2) is 4.98 Å². The molecule has 1 saturated heterocycles. The molecule has 6 heteroatoms. The number of imidazole rings is 1. The SMILES string of the molecule is Cc1cccc(C[C@@]2(CO)CN(C(=O)c3nccn3C)CCO2)c1. The van der Waals surface area contributed by atoms with Gasteiger partial charge in [0, 0.05) is 32.4 Å². The molecule has 1 aliphatic rings. The van der Waals surface area contributed by atoms with Crippen molar-refractivity contribution in [3.8, 4) is 0 Å². The number of carbonyl (C=O) groups is 1. The lowest BCUT2D eigenvalue weighted by Crippen LogP contribution is -2.57. The molecule has 2 heterocycles. The zero-order valence-electron chi connectivity index (χ0n) is 14.1. The predicted molar refractivity (Wildman–Crippen MR) is 89.8 cm³/mol. The molecule has 0 radical (unpaired) electrons. The molecular weight excluding hydrogens is 306 g/mol. The summed E-state index contributed by atoms with van der Waals surface area (Å²) in [5.74, 6) is 0.271. The van der Waals surface area contributed by atoms with Crippen LogP contribution in [-0.4, -0.2) is 57.4 Å². The summed E-state index contributed by atoms with van der Waals surface area (Å²) in [6.45, 7) is 3.16. The average molecular weight is 329 g/mol. The highest BCUT2D eigenvalue weighted by molar-refractivity contribution is 5.91. The number of rotatable bonds is 4. The maximum Gasteiger partial charge on any atom is 0.290 e. The molecular formula is C18H23N3O3. The van der Waals surface area contributed by atoms with E-state index in [9.17, 15) is 9.90 Å². The highest BCUT2D eigenvalue weighted by atomic mass is 16.5. The van der Waals surface area contributed by atoms with Gasteiger partial charge in [-0.2, -0.15) is 0 Å². The van der Waals surface area contributed by atoms with Crippen molar-refractivity contribution in [3.63, 3.8) is 0 Å². The van der Waals surface area contributed by atoms with Crippen molar-refractivity contribution in [2.45, 2.75) is 18.9 Å². The number of morpholine rings is 1. The summed E-state index contributed by atoms with van der Waals surface area (Å²) in [5, 5.41) is 9.97. The van der Waals surface area contributed by atoms with Crippen LogP contribution in [0.25, 0.3) is 0 Å². The number of aryl methyl sites for hydroxylation is 2. The number of benzene rings is 1. The Hall–Kier alpha value is -2.18. The standard InChI is InChI=1S/C18H23N3O3/c1-14-4-3-5-15(10-14)11-18(13-22)12-21(8-9-24-18)17(23)16-19-6-7-20(16)2/h3-7,10,22H,8-9,11-13H2,1-2H3/t18-/m0/s1. The molecule has 24 heavy (non-hydrogen) atoms. The van der Waals surface area contributed by atoms with E-state index < -0.39 is 5.60 Å². The van der Waals surface area contributed by atoms with E-state index in [0.29, 0.717) is 31.9 Å². The minimum absolute atomic E-state index is 0.132. The van der Waals surface area contributed by atoms with Crippen molar-refractivity contribution in [2.75, 3.05) is 26.3 Å². The summed E-state index contributed by atoms with van der Waals surface area (Å²) in [4.78, 5) is 18.5. The van der Waals surface area contributed by atoms with Crippen LogP contribution in [0.1, 0.15) is 21.7 Å². The van der Waals surface area contributed by atoms with Gasteiger partial charge in [0.05, 0.1) is 19.8 Å². The summed E-state index contributed by atoms with van der Waals surface area (Å²) in [5.41, 5.74) is 1.49. The van der Waals surface area contributed by atoms with Gasteiger partial charge >= 0.3 is 0 Å². The van der Waals surface area contributed by atoms with Crippen LogP contribution in [0.4, 0.5) is 0 Å². The van der Waals surface area contributed by atoms with E-state index in [1.807, 2.05) is 25.1 Å². The average Bonchev–Trinajstić information content (AvgIpc) is 3.00. The van der Waals surface area contributed by atoms with Crippen LogP contribution in [0.15, 0.2) is 36.7 Å². The van der Waals surface area contributed by atoms with E-state index in [-0.39, 0.29) is 12.5 Å².